The summed E-state index contributed by atoms with van der Waals surface area (Å²) in [5.74, 6) is -1.96. The second kappa shape index (κ2) is 6.69. The van der Waals surface area contributed by atoms with Crippen LogP contribution in [0.4, 0.5) is 17.6 Å². The van der Waals surface area contributed by atoms with E-state index >= 15 is 0 Å². The smallest absolute Gasteiger partial charge is 0.306 e. The fourth-order valence-corrected chi connectivity index (χ4v) is 2.52. The van der Waals surface area contributed by atoms with Crippen molar-refractivity contribution in [2.75, 3.05) is 0 Å². The number of pyridine rings is 1. The zero-order chi connectivity index (χ0) is 19.1. The molecule has 2 aromatic heterocycles. The maximum absolute atomic E-state index is 14.4. The predicted molar refractivity (Wildman–Crippen MR) is 88.5 cm³/mol. The van der Waals surface area contributed by atoms with Crippen LogP contribution in [0.3, 0.4) is 0 Å². The molecular weight excluding hydrogens is 397 g/mol. The Balaban J connectivity index is 2.27. The number of benzene rings is 1. The second-order valence-electron chi connectivity index (χ2n) is 5.12. The lowest BCUT2D eigenvalue weighted by Crippen LogP contribution is -2.14. The highest BCUT2D eigenvalue weighted by Crippen LogP contribution is 2.39. The molecule has 0 atom stereocenters. The van der Waals surface area contributed by atoms with Gasteiger partial charge in [-0.2, -0.15) is 13.2 Å². The molecule has 0 saturated carbocycles. The minimum absolute atomic E-state index is 0.0482. The van der Waals surface area contributed by atoms with E-state index in [1.165, 1.54) is 18.3 Å². The molecule has 1 N–H and O–H groups in total. The van der Waals surface area contributed by atoms with Crippen LogP contribution in [0.5, 0.6) is 0 Å². The molecule has 3 aromatic rings. The van der Waals surface area contributed by atoms with Gasteiger partial charge in [0.15, 0.2) is 5.82 Å². The van der Waals surface area contributed by atoms with Crippen LogP contribution >= 0.6 is 23.2 Å². The predicted octanol–water partition coefficient (Wildman–Crippen LogP) is 4.96. The zero-order valence-electron chi connectivity index (χ0n) is 12.5. The minimum Gasteiger partial charge on any atom is -0.306 e. The third-order valence-corrected chi connectivity index (χ3v) is 3.88. The fraction of sp³-hybridized carbons (Fsp3) is 0.0625. The third-order valence-electron chi connectivity index (χ3n) is 3.37. The van der Waals surface area contributed by atoms with Gasteiger partial charge in [0.1, 0.15) is 5.82 Å². The third kappa shape index (κ3) is 3.56. The normalized spacial score (nSPS) is 11.6. The first-order valence-corrected chi connectivity index (χ1v) is 7.71. The van der Waals surface area contributed by atoms with E-state index in [0.717, 1.165) is 12.1 Å². The van der Waals surface area contributed by atoms with Gasteiger partial charge in [-0.1, -0.05) is 23.2 Å². The summed E-state index contributed by atoms with van der Waals surface area (Å²) in [6.07, 6.45) is -3.60. The highest BCUT2D eigenvalue weighted by molar-refractivity contribution is 6.31. The van der Waals surface area contributed by atoms with Crippen LogP contribution in [-0.4, -0.2) is 15.0 Å². The number of aromatic amines is 1. The molecule has 26 heavy (non-hydrogen) atoms. The van der Waals surface area contributed by atoms with E-state index in [1.807, 2.05) is 0 Å². The van der Waals surface area contributed by atoms with Crippen LogP contribution in [-0.2, 0) is 6.18 Å². The van der Waals surface area contributed by atoms with E-state index in [4.69, 9.17) is 23.2 Å². The molecule has 4 nitrogen and oxygen atoms in total. The van der Waals surface area contributed by atoms with Crippen molar-refractivity contribution in [2.45, 2.75) is 6.18 Å². The first-order valence-electron chi connectivity index (χ1n) is 6.95. The molecule has 0 radical (unpaired) electrons. The van der Waals surface area contributed by atoms with Crippen molar-refractivity contribution in [1.82, 2.24) is 15.0 Å². The van der Waals surface area contributed by atoms with Gasteiger partial charge in [0.05, 0.1) is 32.6 Å². The Hall–Kier alpha value is -2.45. The number of nitrogens with one attached hydrogen (secondary N) is 1. The number of hydrogen-bond donors (Lipinski definition) is 1. The van der Waals surface area contributed by atoms with Gasteiger partial charge in [0.2, 0.25) is 0 Å². The lowest BCUT2D eigenvalue weighted by atomic mass is 10.1. The highest BCUT2D eigenvalue weighted by Gasteiger charge is 2.36. The molecular formula is C16H7Cl2F4N3O. The van der Waals surface area contributed by atoms with Gasteiger partial charge in [0, 0.05) is 12.3 Å². The molecule has 0 unspecified atom stereocenters. The molecule has 0 aliphatic rings. The highest BCUT2D eigenvalue weighted by atomic mass is 35.5. The lowest BCUT2D eigenvalue weighted by Gasteiger charge is -2.14. The molecule has 0 bridgehead atoms. The number of hydrogen-bond acceptors (Lipinski definition) is 3. The van der Waals surface area contributed by atoms with Crippen molar-refractivity contribution < 1.29 is 17.6 Å². The summed E-state index contributed by atoms with van der Waals surface area (Å²) < 4.78 is 54.1. The molecule has 0 fully saturated rings. The standard InChI is InChI=1S/C16H7Cl2F4N3O/c17-7-1-4-10(23-6-7)11-5-12(26)25-15(24-11)13-8(16(20,21)22)2-3-9(18)14(13)19/h1-6H,(H,24,25,26). The summed E-state index contributed by atoms with van der Waals surface area (Å²) in [7, 11) is 0. The van der Waals surface area contributed by atoms with Crippen LogP contribution in [0.15, 0.2) is 41.3 Å². The molecule has 0 amide bonds. The van der Waals surface area contributed by atoms with Crippen LogP contribution in [0, 0.1) is 5.82 Å². The minimum atomic E-state index is -4.88. The number of halogens is 6. The maximum atomic E-state index is 14.4. The van der Waals surface area contributed by atoms with Gasteiger partial charge in [-0.25, -0.2) is 9.37 Å². The van der Waals surface area contributed by atoms with Crippen LogP contribution in [0.25, 0.3) is 22.8 Å². The number of aromatic nitrogens is 3. The fourth-order valence-electron chi connectivity index (χ4n) is 2.25. The summed E-state index contributed by atoms with van der Waals surface area (Å²) >= 11 is 11.3. The zero-order valence-corrected chi connectivity index (χ0v) is 14.0. The SMILES string of the molecule is O=c1cc(-c2ccc(Cl)cn2)nc(-c2c(C(F)(F)F)ccc(Cl)c2F)[nH]1. The molecule has 1 aromatic carbocycles. The van der Waals surface area contributed by atoms with Gasteiger partial charge in [-0.3, -0.25) is 9.78 Å². The van der Waals surface area contributed by atoms with E-state index < -0.39 is 39.5 Å². The van der Waals surface area contributed by atoms with E-state index in [-0.39, 0.29) is 11.4 Å². The first kappa shape index (κ1) is 18.3. The summed E-state index contributed by atoms with van der Waals surface area (Å²) in [5, 5.41) is -0.218. The molecule has 0 saturated heterocycles. The Morgan fingerprint density at radius 2 is 1.77 bits per heavy atom. The van der Waals surface area contributed by atoms with Crippen molar-refractivity contribution in [3.63, 3.8) is 0 Å². The quantitative estimate of drug-likeness (QED) is 0.614. The number of alkyl halides is 3. The summed E-state index contributed by atoms with van der Waals surface area (Å²) in [5.41, 5.74) is -2.92. The molecule has 0 spiro atoms. The van der Waals surface area contributed by atoms with Gasteiger partial charge < -0.3 is 4.98 Å². The molecule has 10 heteroatoms. The molecule has 0 aliphatic heterocycles. The van der Waals surface area contributed by atoms with Gasteiger partial charge >= 0.3 is 6.18 Å². The van der Waals surface area contributed by atoms with Crippen molar-refractivity contribution in [2.24, 2.45) is 0 Å². The molecule has 134 valence electrons. The van der Waals surface area contributed by atoms with E-state index in [1.54, 1.807) is 0 Å². The van der Waals surface area contributed by atoms with Crippen molar-refractivity contribution in [3.05, 3.63) is 68.3 Å². The number of nitrogens with zero attached hydrogens (tertiary/aromatic N) is 2. The van der Waals surface area contributed by atoms with Gasteiger partial charge in [-0.15, -0.1) is 0 Å². The van der Waals surface area contributed by atoms with Crippen LogP contribution < -0.4 is 5.56 Å². The Morgan fingerprint density at radius 1 is 1.04 bits per heavy atom. The lowest BCUT2D eigenvalue weighted by molar-refractivity contribution is -0.137. The van der Waals surface area contributed by atoms with E-state index in [0.29, 0.717) is 11.1 Å². The monoisotopic (exact) mass is 403 g/mol. The van der Waals surface area contributed by atoms with Crippen molar-refractivity contribution in [3.8, 4) is 22.8 Å². The first-order chi connectivity index (χ1) is 12.2. The second-order valence-corrected chi connectivity index (χ2v) is 5.97. The Kier molecular flexibility index (Phi) is 4.72. The average Bonchev–Trinajstić information content (AvgIpc) is 2.56. The Labute approximate surface area is 153 Å². The maximum Gasteiger partial charge on any atom is 0.417 e. The summed E-state index contributed by atoms with van der Waals surface area (Å²) in [6, 6.07) is 5.32. The summed E-state index contributed by atoms with van der Waals surface area (Å²) in [6.45, 7) is 0. The van der Waals surface area contributed by atoms with Crippen LogP contribution in [0.1, 0.15) is 5.56 Å². The van der Waals surface area contributed by atoms with E-state index in [9.17, 15) is 22.4 Å². The number of rotatable bonds is 2. The van der Waals surface area contributed by atoms with Crippen molar-refractivity contribution in [1.29, 1.82) is 0 Å². The van der Waals surface area contributed by atoms with Crippen LogP contribution in [0.2, 0.25) is 10.0 Å². The summed E-state index contributed by atoms with van der Waals surface area (Å²) in [4.78, 5) is 21.9. The molecule has 3 rings (SSSR count). The molecule has 0 aliphatic carbocycles. The Bertz CT molecular complexity index is 1030. The van der Waals surface area contributed by atoms with Crippen molar-refractivity contribution >= 4 is 23.2 Å². The number of H-pyrrole nitrogens is 1. The Morgan fingerprint density at radius 3 is 2.38 bits per heavy atom. The van der Waals surface area contributed by atoms with E-state index in [2.05, 4.69) is 15.0 Å². The van der Waals surface area contributed by atoms with Gasteiger partial charge in [-0.05, 0) is 24.3 Å². The molecule has 2 heterocycles. The van der Waals surface area contributed by atoms with Gasteiger partial charge in [0.25, 0.3) is 5.56 Å². The largest absolute Gasteiger partial charge is 0.417 e. The topological polar surface area (TPSA) is 58.6 Å². The average molecular weight is 404 g/mol.